The van der Waals surface area contributed by atoms with Crippen molar-refractivity contribution in [1.29, 1.82) is 0 Å². The van der Waals surface area contributed by atoms with E-state index in [0.29, 0.717) is 26.1 Å². The third-order valence-corrected chi connectivity index (χ3v) is 4.06. The van der Waals surface area contributed by atoms with Crippen LogP contribution < -0.4 is 0 Å². The highest BCUT2D eigenvalue weighted by atomic mass is 16.5. The lowest BCUT2D eigenvalue weighted by Gasteiger charge is -2.23. The van der Waals surface area contributed by atoms with Gasteiger partial charge < -0.3 is 9.64 Å². The fourth-order valence-electron chi connectivity index (χ4n) is 2.64. The minimum Gasteiger partial charge on any atom is -0.466 e. The van der Waals surface area contributed by atoms with Gasteiger partial charge in [0.15, 0.2) is 0 Å². The SMILES string of the molecule is CCOC(=O)CCN(Cc1ccccc1)C(=O)Cc1ccccc1C. The molecule has 0 aliphatic rings. The van der Waals surface area contributed by atoms with E-state index in [1.54, 1.807) is 11.8 Å². The van der Waals surface area contributed by atoms with Crippen molar-refractivity contribution in [3.8, 4) is 0 Å². The molecular weight excluding hydrogens is 314 g/mol. The lowest BCUT2D eigenvalue weighted by molar-refractivity contribution is -0.144. The Balaban J connectivity index is 2.07. The summed E-state index contributed by atoms with van der Waals surface area (Å²) < 4.78 is 4.98. The number of carbonyl (C=O) groups excluding carboxylic acids is 2. The summed E-state index contributed by atoms with van der Waals surface area (Å²) in [5.41, 5.74) is 3.16. The summed E-state index contributed by atoms with van der Waals surface area (Å²) >= 11 is 0. The van der Waals surface area contributed by atoms with Crippen LogP contribution in [0, 0.1) is 6.92 Å². The Morgan fingerprint density at radius 2 is 1.68 bits per heavy atom. The van der Waals surface area contributed by atoms with Crippen LogP contribution in [0.1, 0.15) is 30.0 Å². The number of esters is 1. The fraction of sp³-hybridized carbons (Fsp3) is 0.333. The Labute approximate surface area is 149 Å². The first-order chi connectivity index (χ1) is 12.1. The molecule has 0 spiro atoms. The highest BCUT2D eigenvalue weighted by Gasteiger charge is 2.17. The number of aryl methyl sites for hydroxylation is 1. The number of amides is 1. The summed E-state index contributed by atoms with van der Waals surface area (Å²) in [6.07, 6.45) is 0.544. The average Bonchev–Trinajstić information content (AvgIpc) is 2.61. The number of ether oxygens (including phenoxy) is 1. The molecule has 0 N–H and O–H groups in total. The van der Waals surface area contributed by atoms with E-state index in [-0.39, 0.29) is 18.3 Å². The van der Waals surface area contributed by atoms with Crippen LogP contribution in [0.2, 0.25) is 0 Å². The van der Waals surface area contributed by atoms with Crippen molar-refractivity contribution in [1.82, 2.24) is 4.90 Å². The van der Waals surface area contributed by atoms with Crippen molar-refractivity contribution in [2.45, 2.75) is 33.2 Å². The van der Waals surface area contributed by atoms with Crippen LogP contribution in [0.5, 0.6) is 0 Å². The first-order valence-electron chi connectivity index (χ1n) is 8.62. The van der Waals surface area contributed by atoms with Crippen LogP contribution in [0.15, 0.2) is 54.6 Å². The van der Waals surface area contributed by atoms with E-state index >= 15 is 0 Å². The van der Waals surface area contributed by atoms with Gasteiger partial charge >= 0.3 is 5.97 Å². The maximum absolute atomic E-state index is 12.8. The lowest BCUT2D eigenvalue weighted by atomic mass is 10.0. The van der Waals surface area contributed by atoms with Crippen molar-refractivity contribution >= 4 is 11.9 Å². The highest BCUT2D eigenvalue weighted by Crippen LogP contribution is 2.12. The smallest absolute Gasteiger partial charge is 0.307 e. The van der Waals surface area contributed by atoms with Crippen LogP contribution >= 0.6 is 0 Å². The fourth-order valence-corrected chi connectivity index (χ4v) is 2.64. The second-order valence-electron chi connectivity index (χ2n) is 5.96. The molecule has 0 unspecified atom stereocenters. The minimum atomic E-state index is -0.274. The molecule has 0 saturated heterocycles. The van der Waals surface area contributed by atoms with Crippen LogP contribution in [-0.4, -0.2) is 29.9 Å². The molecule has 132 valence electrons. The first-order valence-corrected chi connectivity index (χ1v) is 8.62. The number of carbonyl (C=O) groups is 2. The Hall–Kier alpha value is -2.62. The molecular formula is C21H25NO3. The normalized spacial score (nSPS) is 10.3. The van der Waals surface area contributed by atoms with Crippen molar-refractivity contribution in [2.75, 3.05) is 13.2 Å². The van der Waals surface area contributed by atoms with Gasteiger partial charge in [-0.15, -0.1) is 0 Å². The summed E-state index contributed by atoms with van der Waals surface area (Å²) in [4.78, 5) is 26.2. The second kappa shape index (κ2) is 9.62. The number of rotatable bonds is 8. The van der Waals surface area contributed by atoms with Gasteiger partial charge in [0.25, 0.3) is 0 Å². The molecule has 0 heterocycles. The van der Waals surface area contributed by atoms with E-state index in [1.165, 1.54) is 0 Å². The molecule has 0 fully saturated rings. The van der Waals surface area contributed by atoms with Crippen LogP contribution in [0.25, 0.3) is 0 Å². The van der Waals surface area contributed by atoms with Gasteiger partial charge in [-0.1, -0.05) is 54.6 Å². The van der Waals surface area contributed by atoms with E-state index in [2.05, 4.69) is 0 Å². The van der Waals surface area contributed by atoms with Gasteiger partial charge in [-0.2, -0.15) is 0 Å². The molecule has 0 radical (unpaired) electrons. The van der Waals surface area contributed by atoms with E-state index in [9.17, 15) is 9.59 Å². The molecule has 2 rings (SSSR count). The Morgan fingerprint density at radius 1 is 1.00 bits per heavy atom. The highest BCUT2D eigenvalue weighted by molar-refractivity contribution is 5.80. The van der Waals surface area contributed by atoms with Crippen LogP contribution in [0.4, 0.5) is 0 Å². The van der Waals surface area contributed by atoms with Crippen molar-refractivity contribution in [2.24, 2.45) is 0 Å². The van der Waals surface area contributed by atoms with Crippen LogP contribution in [-0.2, 0) is 27.3 Å². The largest absolute Gasteiger partial charge is 0.466 e. The van der Waals surface area contributed by atoms with Gasteiger partial charge in [-0.3, -0.25) is 9.59 Å². The number of hydrogen-bond donors (Lipinski definition) is 0. The number of benzene rings is 2. The van der Waals surface area contributed by atoms with Gasteiger partial charge in [0, 0.05) is 13.1 Å². The Kier molecular flexibility index (Phi) is 7.20. The monoisotopic (exact) mass is 339 g/mol. The lowest BCUT2D eigenvalue weighted by Crippen LogP contribution is -2.34. The summed E-state index contributed by atoms with van der Waals surface area (Å²) in [6, 6.07) is 17.7. The van der Waals surface area contributed by atoms with Crippen molar-refractivity contribution < 1.29 is 14.3 Å². The standard InChI is InChI=1S/C21H25NO3/c1-3-25-21(24)13-14-22(16-18-10-5-4-6-11-18)20(23)15-19-12-8-7-9-17(19)2/h4-12H,3,13-16H2,1-2H3. The molecule has 0 aliphatic carbocycles. The summed E-state index contributed by atoms with van der Waals surface area (Å²) in [5, 5.41) is 0. The molecule has 0 aliphatic heterocycles. The minimum absolute atomic E-state index is 0.0162. The molecule has 1 amide bonds. The zero-order valence-corrected chi connectivity index (χ0v) is 14.9. The van der Waals surface area contributed by atoms with E-state index < -0.39 is 0 Å². The van der Waals surface area contributed by atoms with Crippen LogP contribution in [0.3, 0.4) is 0 Å². The molecule has 0 atom stereocenters. The second-order valence-corrected chi connectivity index (χ2v) is 5.96. The van der Waals surface area contributed by atoms with Gasteiger partial charge in [0.05, 0.1) is 19.4 Å². The zero-order valence-electron chi connectivity index (χ0n) is 14.9. The Morgan fingerprint density at radius 3 is 2.36 bits per heavy atom. The van der Waals surface area contributed by atoms with Crippen molar-refractivity contribution in [3.05, 3.63) is 71.3 Å². The van der Waals surface area contributed by atoms with Gasteiger partial charge in [-0.05, 0) is 30.5 Å². The Bertz CT molecular complexity index is 697. The molecule has 0 aromatic heterocycles. The summed E-state index contributed by atoms with van der Waals surface area (Å²) in [6.45, 7) is 4.99. The third-order valence-electron chi connectivity index (χ3n) is 4.06. The molecule has 0 bridgehead atoms. The summed E-state index contributed by atoms with van der Waals surface area (Å²) in [5.74, 6) is -0.258. The van der Waals surface area contributed by atoms with Gasteiger partial charge in [-0.25, -0.2) is 0 Å². The first kappa shape index (κ1) is 18.7. The molecule has 2 aromatic rings. The molecule has 25 heavy (non-hydrogen) atoms. The van der Waals surface area contributed by atoms with Gasteiger partial charge in [0.1, 0.15) is 0 Å². The zero-order chi connectivity index (χ0) is 18.1. The maximum atomic E-state index is 12.8. The maximum Gasteiger partial charge on any atom is 0.307 e. The predicted octanol–water partition coefficient (Wildman–Crippen LogP) is 3.52. The number of hydrogen-bond acceptors (Lipinski definition) is 3. The molecule has 2 aromatic carbocycles. The quantitative estimate of drug-likeness (QED) is 0.691. The van der Waals surface area contributed by atoms with E-state index in [1.807, 2.05) is 61.5 Å². The molecule has 4 nitrogen and oxygen atoms in total. The van der Waals surface area contributed by atoms with E-state index in [0.717, 1.165) is 16.7 Å². The van der Waals surface area contributed by atoms with Gasteiger partial charge in [0.2, 0.25) is 5.91 Å². The number of nitrogens with zero attached hydrogens (tertiary/aromatic N) is 1. The topological polar surface area (TPSA) is 46.6 Å². The predicted molar refractivity (Wildman–Crippen MR) is 98.0 cm³/mol. The molecule has 4 heteroatoms. The van der Waals surface area contributed by atoms with E-state index in [4.69, 9.17) is 4.74 Å². The molecule has 0 saturated carbocycles. The average molecular weight is 339 g/mol. The third kappa shape index (κ3) is 6.07. The summed E-state index contributed by atoms with van der Waals surface area (Å²) in [7, 11) is 0. The van der Waals surface area contributed by atoms with Crippen molar-refractivity contribution in [3.63, 3.8) is 0 Å².